The zero-order chi connectivity index (χ0) is 14.5. The monoisotopic (exact) mass is 279 g/mol. The molecule has 1 aliphatic heterocycles. The molecule has 0 spiro atoms. The first-order chi connectivity index (χ1) is 9.58. The molecule has 5 heteroatoms. The molecule has 1 atom stereocenters. The number of nitrogens with zero attached hydrogens (tertiary/aromatic N) is 1. The lowest BCUT2D eigenvalue weighted by Crippen LogP contribution is -2.45. The average molecular weight is 279 g/mol. The summed E-state index contributed by atoms with van der Waals surface area (Å²) in [5.41, 5.74) is 0.358. The maximum Gasteiger partial charge on any atom is 0.305 e. The number of likely N-dealkylation sites (tertiary alicyclic amines) is 1. The van der Waals surface area contributed by atoms with Gasteiger partial charge in [0, 0.05) is 12.6 Å². The van der Waals surface area contributed by atoms with Gasteiger partial charge in [-0.25, -0.2) is 4.39 Å². The van der Waals surface area contributed by atoms with Crippen LogP contribution in [0.2, 0.25) is 0 Å². The zero-order valence-electron chi connectivity index (χ0n) is 11.2. The van der Waals surface area contributed by atoms with Crippen LogP contribution in [0.15, 0.2) is 24.3 Å². The van der Waals surface area contributed by atoms with Gasteiger partial charge in [-0.1, -0.05) is 18.2 Å². The van der Waals surface area contributed by atoms with Crippen molar-refractivity contribution in [1.29, 1.82) is 0 Å². The van der Waals surface area contributed by atoms with Gasteiger partial charge >= 0.3 is 5.97 Å². The van der Waals surface area contributed by atoms with Gasteiger partial charge in [0.15, 0.2) is 0 Å². The quantitative estimate of drug-likeness (QED) is 0.919. The summed E-state index contributed by atoms with van der Waals surface area (Å²) in [6, 6.07) is 5.92. The first kappa shape index (κ1) is 14.5. The van der Waals surface area contributed by atoms with Crippen molar-refractivity contribution in [2.45, 2.75) is 38.1 Å². The SMILES string of the molecule is O=C(O)CC1CCCCN1C(=O)Cc1ccccc1F. The normalized spacial score (nSPS) is 18.9. The van der Waals surface area contributed by atoms with E-state index in [2.05, 4.69) is 0 Å². The lowest BCUT2D eigenvalue weighted by atomic mass is 9.98. The molecule has 1 aromatic rings. The van der Waals surface area contributed by atoms with Gasteiger partial charge in [0.1, 0.15) is 5.82 Å². The van der Waals surface area contributed by atoms with Crippen LogP contribution in [0.3, 0.4) is 0 Å². The first-order valence-electron chi connectivity index (χ1n) is 6.82. The third-order valence-electron chi connectivity index (χ3n) is 3.66. The fourth-order valence-corrected chi connectivity index (χ4v) is 2.65. The number of amides is 1. The standard InChI is InChI=1S/C15H18FNO3/c16-13-7-2-1-5-11(13)9-14(18)17-8-4-3-6-12(17)10-15(19)20/h1-2,5,7,12H,3-4,6,8-10H2,(H,19,20). The highest BCUT2D eigenvalue weighted by Gasteiger charge is 2.28. The van der Waals surface area contributed by atoms with E-state index in [1.807, 2.05) is 0 Å². The Bertz CT molecular complexity index is 504. The van der Waals surface area contributed by atoms with Gasteiger partial charge in [-0.15, -0.1) is 0 Å². The average Bonchev–Trinajstić information content (AvgIpc) is 2.41. The van der Waals surface area contributed by atoms with E-state index >= 15 is 0 Å². The van der Waals surface area contributed by atoms with E-state index in [-0.39, 0.29) is 24.8 Å². The third-order valence-corrected chi connectivity index (χ3v) is 3.66. The Balaban J connectivity index is 2.06. The van der Waals surface area contributed by atoms with Crippen LogP contribution in [0.5, 0.6) is 0 Å². The highest BCUT2D eigenvalue weighted by Crippen LogP contribution is 2.21. The number of hydrogen-bond acceptors (Lipinski definition) is 2. The second kappa shape index (κ2) is 6.50. The number of benzene rings is 1. The Morgan fingerprint density at radius 1 is 1.30 bits per heavy atom. The van der Waals surface area contributed by atoms with Crippen molar-refractivity contribution >= 4 is 11.9 Å². The number of carboxylic acids is 1. The number of piperidine rings is 1. The molecule has 2 rings (SSSR count). The zero-order valence-corrected chi connectivity index (χ0v) is 11.2. The second-order valence-electron chi connectivity index (χ2n) is 5.10. The molecule has 4 nitrogen and oxygen atoms in total. The minimum Gasteiger partial charge on any atom is -0.481 e. The Labute approximate surface area is 117 Å². The van der Waals surface area contributed by atoms with Gasteiger partial charge in [0.25, 0.3) is 0 Å². The van der Waals surface area contributed by atoms with Crippen molar-refractivity contribution < 1.29 is 19.1 Å². The molecule has 1 saturated heterocycles. The fourth-order valence-electron chi connectivity index (χ4n) is 2.65. The van der Waals surface area contributed by atoms with E-state index in [9.17, 15) is 14.0 Å². The number of carbonyl (C=O) groups excluding carboxylic acids is 1. The van der Waals surface area contributed by atoms with Gasteiger partial charge in [-0.2, -0.15) is 0 Å². The Kier molecular flexibility index (Phi) is 4.71. The Morgan fingerprint density at radius 3 is 2.75 bits per heavy atom. The summed E-state index contributed by atoms with van der Waals surface area (Å²) in [7, 11) is 0. The van der Waals surface area contributed by atoms with Gasteiger partial charge in [0.2, 0.25) is 5.91 Å². The molecular weight excluding hydrogens is 261 g/mol. The molecule has 0 aromatic heterocycles. The molecular formula is C15H18FNO3. The molecule has 0 saturated carbocycles. The predicted octanol–water partition coefficient (Wildman–Crippen LogP) is 2.22. The van der Waals surface area contributed by atoms with Crippen LogP contribution in [0.4, 0.5) is 4.39 Å². The molecule has 20 heavy (non-hydrogen) atoms. The molecule has 1 aliphatic rings. The van der Waals surface area contributed by atoms with E-state index in [1.54, 1.807) is 23.1 Å². The lowest BCUT2D eigenvalue weighted by Gasteiger charge is -2.35. The molecule has 1 amide bonds. The lowest BCUT2D eigenvalue weighted by molar-refractivity contribution is -0.141. The molecule has 0 radical (unpaired) electrons. The molecule has 1 N–H and O–H groups in total. The van der Waals surface area contributed by atoms with Crippen molar-refractivity contribution in [3.63, 3.8) is 0 Å². The van der Waals surface area contributed by atoms with Gasteiger partial charge in [0.05, 0.1) is 12.8 Å². The second-order valence-corrected chi connectivity index (χ2v) is 5.10. The van der Waals surface area contributed by atoms with Crippen LogP contribution in [0.25, 0.3) is 0 Å². The topological polar surface area (TPSA) is 57.6 Å². The van der Waals surface area contributed by atoms with E-state index in [1.165, 1.54) is 6.07 Å². The van der Waals surface area contributed by atoms with Crippen LogP contribution in [0, 0.1) is 5.82 Å². The van der Waals surface area contributed by atoms with Crippen molar-refractivity contribution in [1.82, 2.24) is 4.90 Å². The van der Waals surface area contributed by atoms with Gasteiger partial charge < -0.3 is 10.0 Å². The maximum atomic E-state index is 13.6. The molecule has 0 bridgehead atoms. The minimum atomic E-state index is -0.902. The van der Waals surface area contributed by atoms with Crippen molar-refractivity contribution in [3.8, 4) is 0 Å². The van der Waals surface area contributed by atoms with Crippen molar-refractivity contribution in [3.05, 3.63) is 35.6 Å². The molecule has 108 valence electrons. The predicted molar refractivity (Wildman–Crippen MR) is 71.7 cm³/mol. The highest BCUT2D eigenvalue weighted by atomic mass is 19.1. The smallest absolute Gasteiger partial charge is 0.305 e. The molecule has 1 aromatic carbocycles. The number of halogens is 1. The summed E-state index contributed by atoms with van der Waals surface area (Å²) in [5, 5.41) is 8.90. The third kappa shape index (κ3) is 3.56. The summed E-state index contributed by atoms with van der Waals surface area (Å²) in [6.07, 6.45) is 2.46. The first-order valence-corrected chi connectivity index (χ1v) is 6.82. The number of rotatable bonds is 4. The van der Waals surface area contributed by atoms with Crippen LogP contribution in [-0.2, 0) is 16.0 Å². The largest absolute Gasteiger partial charge is 0.481 e. The van der Waals surface area contributed by atoms with Crippen LogP contribution in [-0.4, -0.2) is 34.5 Å². The Hall–Kier alpha value is -1.91. The minimum absolute atomic E-state index is 0.0111. The van der Waals surface area contributed by atoms with Crippen molar-refractivity contribution in [2.75, 3.05) is 6.54 Å². The molecule has 1 fully saturated rings. The summed E-state index contributed by atoms with van der Waals surface area (Å²) in [5.74, 6) is -1.49. The van der Waals surface area contributed by atoms with Crippen LogP contribution >= 0.6 is 0 Å². The fraction of sp³-hybridized carbons (Fsp3) is 0.467. The van der Waals surface area contributed by atoms with E-state index in [0.717, 1.165) is 12.8 Å². The van der Waals surface area contributed by atoms with Crippen molar-refractivity contribution in [2.24, 2.45) is 0 Å². The van der Waals surface area contributed by atoms with E-state index in [4.69, 9.17) is 5.11 Å². The summed E-state index contributed by atoms with van der Waals surface area (Å²) in [6.45, 7) is 0.561. The van der Waals surface area contributed by atoms with Crippen LogP contribution in [0.1, 0.15) is 31.2 Å². The molecule has 0 aliphatic carbocycles. The number of carboxylic acid groups (broad SMARTS) is 1. The summed E-state index contributed by atoms with van der Waals surface area (Å²) in [4.78, 5) is 24.7. The van der Waals surface area contributed by atoms with Crippen LogP contribution < -0.4 is 0 Å². The number of carbonyl (C=O) groups is 2. The highest BCUT2D eigenvalue weighted by molar-refractivity contribution is 5.80. The van der Waals surface area contributed by atoms with Gasteiger partial charge in [-0.3, -0.25) is 9.59 Å². The summed E-state index contributed by atoms with van der Waals surface area (Å²) < 4.78 is 13.6. The number of hydrogen-bond donors (Lipinski definition) is 1. The van der Waals surface area contributed by atoms with E-state index in [0.29, 0.717) is 18.5 Å². The van der Waals surface area contributed by atoms with E-state index < -0.39 is 11.8 Å². The molecule has 1 heterocycles. The Morgan fingerprint density at radius 2 is 2.05 bits per heavy atom. The number of aliphatic carboxylic acids is 1. The summed E-state index contributed by atoms with van der Waals surface area (Å²) >= 11 is 0. The maximum absolute atomic E-state index is 13.6. The molecule has 1 unspecified atom stereocenters. The van der Waals surface area contributed by atoms with Gasteiger partial charge in [-0.05, 0) is 30.9 Å².